The molecule has 0 aliphatic heterocycles. The highest BCUT2D eigenvalue weighted by molar-refractivity contribution is 5.77. The predicted molar refractivity (Wildman–Crippen MR) is 74.3 cm³/mol. The lowest BCUT2D eigenvalue weighted by molar-refractivity contribution is -0.401. The minimum absolute atomic E-state index is 0.138. The van der Waals surface area contributed by atoms with Gasteiger partial charge in [0.2, 0.25) is 0 Å². The molecule has 1 atom stereocenters. The van der Waals surface area contributed by atoms with Crippen LogP contribution in [0, 0.1) is 36.3 Å². The number of nitro groups is 3. The molecule has 114 valence electrons. The molecular formula is C11H14N4O6. The number of hydrogen-bond acceptors (Lipinski definition) is 7. The van der Waals surface area contributed by atoms with Crippen molar-refractivity contribution in [2.24, 2.45) is 5.92 Å². The van der Waals surface area contributed by atoms with Crippen LogP contribution >= 0.6 is 0 Å². The molecule has 1 aromatic carbocycles. The second-order valence-corrected chi connectivity index (χ2v) is 4.52. The van der Waals surface area contributed by atoms with Gasteiger partial charge in [0.05, 0.1) is 26.9 Å². The van der Waals surface area contributed by atoms with Crippen LogP contribution in [-0.2, 0) is 0 Å². The van der Waals surface area contributed by atoms with E-state index in [2.05, 4.69) is 5.32 Å². The van der Waals surface area contributed by atoms with Crippen LogP contribution in [0.2, 0.25) is 0 Å². The Balaban J connectivity index is 3.39. The highest BCUT2D eigenvalue weighted by Crippen LogP contribution is 2.38. The lowest BCUT2D eigenvalue weighted by Crippen LogP contribution is -2.13. The van der Waals surface area contributed by atoms with Crippen molar-refractivity contribution in [3.05, 3.63) is 42.5 Å². The maximum atomic E-state index is 11.0. The van der Waals surface area contributed by atoms with Gasteiger partial charge in [0.25, 0.3) is 5.69 Å². The molecule has 1 rings (SSSR count). The number of anilines is 1. The van der Waals surface area contributed by atoms with Gasteiger partial charge in [-0.2, -0.15) is 0 Å². The van der Waals surface area contributed by atoms with Gasteiger partial charge in [0, 0.05) is 6.54 Å². The van der Waals surface area contributed by atoms with E-state index < -0.39 is 31.8 Å². The molecule has 10 heteroatoms. The van der Waals surface area contributed by atoms with Gasteiger partial charge in [-0.25, -0.2) is 0 Å². The van der Waals surface area contributed by atoms with Crippen molar-refractivity contribution in [2.75, 3.05) is 11.9 Å². The van der Waals surface area contributed by atoms with Crippen LogP contribution in [0.1, 0.15) is 20.3 Å². The number of nitrogens with zero attached hydrogens (tertiary/aromatic N) is 3. The van der Waals surface area contributed by atoms with Crippen LogP contribution in [0.4, 0.5) is 22.7 Å². The summed E-state index contributed by atoms with van der Waals surface area (Å²) in [5.74, 6) is 0.138. The number of non-ortho nitro benzene ring substituents is 1. The molecule has 0 aliphatic rings. The first-order chi connectivity index (χ1) is 9.77. The summed E-state index contributed by atoms with van der Waals surface area (Å²) in [6.45, 7) is 4.07. The zero-order valence-corrected chi connectivity index (χ0v) is 11.4. The first-order valence-electron chi connectivity index (χ1n) is 6.13. The van der Waals surface area contributed by atoms with Crippen molar-refractivity contribution in [1.29, 1.82) is 0 Å². The van der Waals surface area contributed by atoms with Crippen LogP contribution < -0.4 is 5.32 Å². The summed E-state index contributed by atoms with van der Waals surface area (Å²) in [7, 11) is 0. The standard InChI is InChI=1S/C11H14N4O6/c1-3-7(2)6-12-11-9(14(18)19)4-8(13(16)17)5-10(11)15(20)21/h4-5,7,12H,3,6H2,1-2H3. The summed E-state index contributed by atoms with van der Waals surface area (Å²) in [4.78, 5) is 30.1. The van der Waals surface area contributed by atoms with Crippen LogP contribution in [0.15, 0.2) is 12.1 Å². The fourth-order valence-electron chi connectivity index (χ4n) is 1.59. The van der Waals surface area contributed by atoms with E-state index >= 15 is 0 Å². The third-order valence-electron chi connectivity index (χ3n) is 3.01. The van der Waals surface area contributed by atoms with Crippen molar-refractivity contribution < 1.29 is 14.8 Å². The summed E-state index contributed by atoms with van der Waals surface area (Å²) in [6.07, 6.45) is 0.779. The molecule has 10 nitrogen and oxygen atoms in total. The maximum Gasteiger partial charge on any atom is 0.306 e. The Labute approximate surface area is 119 Å². The lowest BCUT2D eigenvalue weighted by atomic mass is 10.1. The Hall–Kier alpha value is -2.78. The van der Waals surface area contributed by atoms with Crippen molar-refractivity contribution in [2.45, 2.75) is 20.3 Å². The second kappa shape index (κ2) is 6.59. The van der Waals surface area contributed by atoms with Gasteiger partial charge in [-0.05, 0) is 5.92 Å². The fourth-order valence-corrected chi connectivity index (χ4v) is 1.59. The smallest absolute Gasteiger partial charge is 0.306 e. The molecule has 0 saturated carbocycles. The molecule has 0 aromatic heterocycles. The number of nitro benzene ring substituents is 3. The first kappa shape index (κ1) is 16.3. The lowest BCUT2D eigenvalue weighted by Gasteiger charge is -2.11. The van der Waals surface area contributed by atoms with Gasteiger partial charge < -0.3 is 5.32 Å². The molecule has 0 radical (unpaired) electrons. The predicted octanol–water partition coefficient (Wildman–Crippen LogP) is 2.87. The van der Waals surface area contributed by atoms with E-state index in [4.69, 9.17) is 0 Å². The van der Waals surface area contributed by atoms with Crippen LogP contribution in [0.3, 0.4) is 0 Å². The minimum Gasteiger partial charge on any atom is -0.374 e. The van der Waals surface area contributed by atoms with Crippen LogP contribution in [0.25, 0.3) is 0 Å². The molecule has 1 N–H and O–H groups in total. The van der Waals surface area contributed by atoms with Crippen LogP contribution in [-0.4, -0.2) is 21.3 Å². The summed E-state index contributed by atoms with van der Waals surface area (Å²) >= 11 is 0. The fraction of sp³-hybridized carbons (Fsp3) is 0.455. The number of rotatable bonds is 7. The van der Waals surface area contributed by atoms with Crippen molar-refractivity contribution >= 4 is 22.7 Å². The van der Waals surface area contributed by atoms with Crippen LogP contribution in [0.5, 0.6) is 0 Å². The second-order valence-electron chi connectivity index (χ2n) is 4.52. The average molecular weight is 298 g/mol. The van der Waals surface area contributed by atoms with Gasteiger partial charge >= 0.3 is 11.4 Å². The van der Waals surface area contributed by atoms with Crippen molar-refractivity contribution in [3.63, 3.8) is 0 Å². The van der Waals surface area contributed by atoms with Crippen molar-refractivity contribution in [1.82, 2.24) is 0 Å². The molecule has 0 aliphatic carbocycles. The SMILES string of the molecule is CCC(C)CNc1c([N+](=O)[O-])cc([N+](=O)[O-])cc1[N+](=O)[O-]. The van der Waals surface area contributed by atoms with E-state index in [1.54, 1.807) is 0 Å². The normalized spacial score (nSPS) is 11.7. The average Bonchev–Trinajstić information content (AvgIpc) is 2.43. The Kier molecular flexibility index (Phi) is 5.11. The monoisotopic (exact) mass is 298 g/mol. The van der Waals surface area contributed by atoms with E-state index in [0.29, 0.717) is 12.1 Å². The number of benzene rings is 1. The van der Waals surface area contributed by atoms with Gasteiger partial charge in [0.15, 0.2) is 5.69 Å². The van der Waals surface area contributed by atoms with E-state index in [1.807, 2.05) is 13.8 Å². The summed E-state index contributed by atoms with van der Waals surface area (Å²) in [5.41, 5.74) is -2.36. The van der Waals surface area contributed by atoms with E-state index in [-0.39, 0.29) is 18.2 Å². The molecule has 0 saturated heterocycles. The number of hydrogen-bond donors (Lipinski definition) is 1. The molecule has 21 heavy (non-hydrogen) atoms. The largest absolute Gasteiger partial charge is 0.374 e. The van der Waals surface area contributed by atoms with Gasteiger partial charge in [-0.15, -0.1) is 0 Å². The maximum absolute atomic E-state index is 11.0. The zero-order chi connectivity index (χ0) is 16.2. The molecule has 0 heterocycles. The highest BCUT2D eigenvalue weighted by atomic mass is 16.6. The van der Waals surface area contributed by atoms with E-state index in [0.717, 1.165) is 6.42 Å². The summed E-state index contributed by atoms with van der Waals surface area (Å²) in [5, 5.41) is 35.4. The molecule has 0 bridgehead atoms. The molecule has 1 unspecified atom stereocenters. The third kappa shape index (κ3) is 3.84. The quantitative estimate of drug-likeness (QED) is 0.602. The topological polar surface area (TPSA) is 141 Å². The number of nitrogens with one attached hydrogen (secondary N) is 1. The molecule has 0 spiro atoms. The van der Waals surface area contributed by atoms with Gasteiger partial charge in [-0.1, -0.05) is 20.3 Å². The molecule has 1 aromatic rings. The summed E-state index contributed by atoms with van der Waals surface area (Å²) in [6, 6.07) is 1.43. The molecular weight excluding hydrogens is 284 g/mol. The minimum atomic E-state index is -0.904. The van der Waals surface area contributed by atoms with E-state index in [1.165, 1.54) is 0 Å². The Bertz CT molecular complexity index is 553. The van der Waals surface area contributed by atoms with Crippen molar-refractivity contribution in [3.8, 4) is 0 Å². The first-order valence-corrected chi connectivity index (χ1v) is 6.13. The Morgan fingerprint density at radius 3 is 1.86 bits per heavy atom. The highest BCUT2D eigenvalue weighted by Gasteiger charge is 2.30. The summed E-state index contributed by atoms with van der Waals surface area (Å²) < 4.78 is 0. The van der Waals surface area contributed by atoms with Gasteiger partial charge in [-0.3, -0.25) is 30.3 Å². The Morgan fingerprint density at radius 2 is 1.52 bits per heavy atom. The van der Waals surface area contributed by atoms with Gasteiger partial charge in [0.1, 0.15) is 0 Å². The van der Waals surface area contributed by atoms with E-state index in [9.17, 15) is 30.3 Å². The molecule has 0 amide bonds. The molecule has 0 fully saturated rings. The Morgan fingerprint density at radius 1 is 1.05 bits per heavy atom. The third-order valence-corrected chi connectivity index (χ3v) is 3.01. The zero-order valence-electron chi connectivity index (χ0n) is 11.4.